The molecule has 5 heteroatoms. The van der Waals surface area contributed by atoms with Gasteiger partial charge in [-0.05, 0) is 31.0 Å². The third-order valence-electron chi connectivity index (χ3n) is 2.74. The predicted molar refractivity (Wildman–Crippen MR) is 75.7 cm³/mol. The minimum absolute atomic E-state index is 0.00714. The number of nitrogens with two attached hydrogens (primary N) is 1. The minimum Gasteiger partial charge on any atom is -0.356 e. The summed E-state index contributed by atoms with van der Waals surface area (Å²) in [5.74, 6) is -0.203. The molecule has 1 rings (SSSR count). The van der Waals surface area contributed by atoms with Gasteiger partial charge in [-0.1, -0.05) is 19.1 Å². The molecule has 104 valence electrons. The summed E-state index contributed by atoms with van der Waals surface area (Å²) in [4.78, 5) is 23.0. The van der Waals surface area contributed by atoms with E-state index in [4.69, 9.17) is 5.73 Å². The fourth-order valence-corrected chi connectivity index (χ4v) is 1.57. The number of amides is 2. The third kappa shape index (κ3) is 5.09. The SMILES string of the molecule is CCNC(=O)Cc1ccc(NC(=O)[C@@H](N)CC)cc1. The lowest BCUT2D eigenvalue weighted by atomic mass is 10.1. The zero-order valence-corrected chi connectivity index (χ0v) is 11.4. The number of likely N-dealkylation sites (N-methyl/N-ethyl adjacent to an activating group) is 1. The van der Waals surface area contributed by atoms with E-state index in [2.05, 4.69) is 10.6 Å². The van der Waals surface area contributed by atoms with Crippen LogP contribution in [0.1, 0.15) is 25.8 Å². The molecule has 0 saturated heterocycles. The molecule has 1 aromatic carbocycles. The van der Waals surface area contributed by atoms with Gasteiger partial charge >= 0.3 is 0 Å². The number of nitrogens with one attached hydrogen (secondary N) is 2. The molecule has 0 bridgehead atoms. The number of hydrogen-bond acceptors (Lipinski definition) is 3. The van der Waals surface area contributed by atoms with Gasteiger partial charge in [-0.2, -0.15) is 0 Å². The standard InChI is InChI=1S/C14H21N3O2/c1-3-12(15)14(19)17-11-7-5-10(6-8-11)9-13(18)16-4-2/h5-8,12H,3-4,9,15H2,1-2H3,(H,16,18)(H,17,19)/t12-/m0/s1. The molecule has 1 atom stereocenters. The minimum atomic E-state index is -0.491. The Labute approximate surface area is 113 Å². The van der Waals surface area contributed by atoms with Gasteiger partial charge in [-0.3, -0.25) is 9.59 Å². The van der Waals surface area contributed by atoms with Crippen LogP contribution in [0.2, 0.25) is 0 Å². The Bertz CT molecular complexity index is 429. The van der Waals surface area contributed by atoms with Crippen molar-refractivity contribution in [2.75, 3.05) is 11.9 Å². The van der Waals surface area contributed by atoms with Crippen LogP contribution < -0.4 is 16.4 Å². The van der Waals surface area contributed by atoms with Gasteiger partial charge in [0.2, 0.25) is 11.8 Å². The number of carbonyl (C=O) groups excluding carboxylic acids is 2. The molecule has 0 fully saturated rings. The molecule has 0 aliphatic heterocycles. The molecule has 0 radical (unpaired) electrons. The van der Waals surface area contributed by atoms with Crippen molar-refractivity contribution in [2.24, 2.45) is 5.73 Å². The van der Waals surface area contributed by atoms with Crippen molar-refractivity contribution in [1.82, 2.24) is 5.32 Å². The topological polar surface area (TPSA) is 84.2 Å². The molecule has 5 nitrogen and oxygen atoms in total. The van der Waals surface area contributed by atoms with Crippen LogP contribution in [-0.2, 0) is 16.0 Å². The smallest absolute Gasteiger partial charge is 0.241 e. The summed E-state index contributed by atoms with van der Waals surface area (Å²) < 4.78 is 0. The van der Waals surface area contributed by atoms with E-state index in [-0.39, 0.29) is 11.8 Å². The number of anilines is 1. The van der Waals surface area contributed by atoms with Gasteiger partial charge in [-0.15, -0.1) is 0 Å². The molecule has 0 aliphatic carbocycles. The highest BCUT2D eigenvalue weighted by Crippen LogP contribution is 2.10. The highest BCUT2D eigenvalue weighted by Gasteiger charge is 2.10. The maximum Gasteiger partial charge on any atom is 0.241 e. The molecule has 0 unspecified atom stereocenters. The normalized spacial score (nSPS) is 11.7. The van der Waals surface area contributed by atoms with Crippen LogP contribution in [-0.4, -0.2) is 24.4 Å². The van der Waals surface area contributed by atoms with E-state index in [0.717, 1.165) is 5.56 Å². The van der Waals surface area contributed by atoms with Gasteiger partial charge < -0.3 is 16.4 Å². The second kappa shape index (κ2) is 7.53. The van der Waals surface area contributed by atoms with Crippen molar-refractivity contribution in [3.8, 4) is 0 Å². The lowest BCUT2D eigenvalue weighted by molar-refractivity contribution is -0.120. The zero-order valence-electron chi connectivity index (χ0n) is 11.4. The first-order valence-corrected chi connectivity index (χ1v) is 6.48. The first-order valence-electron chi connectivity index (χ1n) is 6.48. The summed E-state index contributed by atoms with van der Waals surface area (Å²) in [7, 11) is 0. The van der Waals surface area contributed by atoms with Crippen LogP contribution in [0.4, 0.5) is 5.69 Å². The van der Waals surface area contributed by atoms with Crippen molar-refractivity contribution in [1.29, 1.82) is 0 Å². The molecule has 1 aromatic rings. The van der Waals surface area contributed by atoms with E-state index in [0.29, 0.717) is 25.1 Å². The average Bonchev–Trinajstić information content (AvgIpc) is 2.40. The number of rotatable bonds is 6. The maximum atomic E-state index is 11.6. The van der Waals surface area contributed by atoms with E-state index in [1.165, 1.54) is 0 Å². The quantitative estimate of drug-likeness (QED) is 0.717. The fraction of sp³-hybridized carbons (Fsp3) is 0.429. The number of hydrogen-bond donors (Lipinski definition) is 3. The van der Waals surface area contributed by atoms with Crippen LogP contribution >= 0.6 is 0 Å². The van der Waals surface area contributed by atoms with Crippen LogP contribution in [0.25, 0.3) is 0 Å². The van der Waals surface area contributed by atoms with Crippen LogP contribution in [0.5, 0.6) is 0 Å². The van der Waals surface area contributed by atoms with Gasteiger partial charge in [0.15, 0.2) is 0 Å². The Morgan fingerprint density at radius 1 is 1.21 bits per heavy atom. The zero-order chi connectivity index (χ0) is 14.3. The molecular weight excluding hydrogens is 242 g/mol. The molecule has 0 spiro atoms. The van der Waals surface area contributed by atoms with Crippen LogP contribution in [0.3, 0.4) is 0 Å². The van der Waals surface area contributed by atoms with E-state index in [1.807, 2.05) is 26.0 Å². The van der Waals surface area contributed by atoms with Gasteiger partial charge in [-0.25, -0.2) is 0 Å². The summed E-state index contributed by atoms with van der Waals surface area (Å²) in [5.41, 5.74) is 7.22. The van der Waals surface area contributed by atoms with Gasteiger partial charge in [0.1, 0.15) is 0 Å². The lowest BCUT2D eigenvalue weighted by Gasteiger charge is -2.10. The third-order valence-corrected chi connectivity index (χ3v) is 2.74. The van der Waals surface area contributed by atoms with Gasteiger partial charge in [0, 0.05) is 12.2 Å². The monoisotopic (exact) mass is 263 g/mol. The summed E-state index contributed by atoms with van der Waals surface area (Å²) in [6.07, 6.45) is 0.942. The molecule has 4 N–H and O–H groups in total. The van der Waals surface area contributed by atoms with Crippen LogP contribution in [0.15, 0.2) is 24.3 Å². The predicted octanol–water partition coefficient (Wildman–Crippen LogP) is 1.04. The van der Waals surface area contributed by atoms with Crippen molar-refractivity contribution >= 4 is 17.5 Å². The second-order valence-electron chi connectivity index (χ2n) is 4.33. The first kappa shape index (κ1) is 15.2. The Balaban J connectivity index is 2.56. The van der Waals surface area contributed by atoms with Crippen molar-refractivity contribution in [3.63, 3.8) is 0 Å². The Morgan fingerprint density at radius 2 is 1.84 bits per heavy atom. The number of carbonyl (C=O) groups is 2. The summed E-state index contributed by atoms with van der Waals surface area (Å²) in [6, 6.07) is 6.70. The van der Waals surface area contributed by atoms with Gasteiger partial charge in [0.05, 0.1) is 12.5 Å². The molecule has 0 heterocycles. The van der Waals surface area contributed by atoms with Crippen molar-refractivity contribution in [2.45, 2.75) is 32.7 Å². The molecular formula is C14H21N3O2. The van der Waals surface area contributed by atoms with Crippen LogP contribution in [0, 0.1) is 0 Å². The van der Waals surface area contributed by atoms with E-state index < -0.39 is 6.04 Å². The Morgan fingerprint density at radius 3 is 2.37 bits per heavy atom. The highest BCUT2D eigenvalue weighted by atomic mass is 16.2. The largest absolute Gasteiger partial charge is 0.356 e. The molecule has 0 aromatic heterocycles. The van der Waals surface area contributed by atoms with E-state index in [9.17, 15) is 9.59 Å². The molecule has 0 aliphatic rings. The van der Waals surface area contributed by atoms with Gasteiger partial charge in [0.25, 0.3) is 0 Å². The van der Waals surface area contributed by atoms with Crippen molar-refractivity contribution < 1.29 is 9.59 Å². The summed E-state index contributed by atoms with van der Waals surface area (Å²) in [5, 5.41) is 5.47. The van der Waals surface area contributed by atoms with E-state index >= 15 is 0 Å². The summed E-state index contributed by atoms with van der Waals surface area (Å²) in [6.45, 7) is 4.37. The molecule has 2 amide bonds. The second-order valence-corrected chi connectivity index (χ2v) is 4.33. The molecule has 0 saturated carbocycles. The first-order chi connectivity index (χ1) is 9.06. The highest BCUT2D eigenvalue weighted by molar-refractivity contribution is 5.94. The average molecular weight is 263 g/mol. The fourth-order valence-electron chi connectivity index (χ4n) is 1.57. The Hall–Kier alpha value is -1.88. The van der Waals surface area contributed by atoms with Crippen molar-refractivity contribution in [3.05, 3.63) is 29.8 Å². The van der Waals surface area contributed by atoms with E-state index in [1.54, 1.807) is 12.1 Å². The molecule has 19 heavy (non-hydrogen) atoms. The lowest BCUT2D eigenvalue weighted by Crippen LogP contribution is -2.34. The number of benzene rings is 1. The summed E-state index contributed by atoms with van der Waals surface area (Å²) >= 11 is 0. The maximum absolute atomic E-state index is 11.6. The Kier molecular flexibility index (Phi) is 6.02.